The second kappa shape index (κ2) is 9.00. The lowest BCUT2D eigenvalue weighted by atomic mass is 9.96. The number of carboxylic acids is 1. The number of anilines is 1. The van der Waals surface area contributed by atoms with Crippen molar-refractivity contribution in [2.24, 2.45) is 0 Å². The number of benzene rings is 2. The first-order valence-electron chi connectivity index (χ1n) is 11.4. The fraction of sp³-hybridized carbons (Fsp3) is 0.179. The minimum Gasteiger partial charge on any atom is -0.478 e. The molecule has 1 saturated heterocycles. The number of carbonyl (C=O) groups is 1. The van der Waals surface area contributed by atoms with Crippen LogP contribution < -0.4 is 10.2 Å². The quantitative estimate of drug-likeness (QED) is 0.357. The maximum atomic E-state index is 11.6. The summed E-state index contributed by atoms with van der Waals surface area (Å²) >= 11 is 5.85. The Balaban J connectivity index is 1.67. The van der Waals surface area contributed by atoms with E-state index in [0.717, 1.165) is 34.0 Å². The number of nitrogens with one attached hydrogen (secondary N) is 1. The second-order valence-electron chi connectivity index (χ2n) is 8.85. The summed E-state index contributed by atoms with van der Waals surface area (Å²) in [6.07, 6.45) is 1.80. The predicted octanol–water partition coefficient (Wildman–Crippen LogP) is 5.67. The van der Waals surface area contributed by atoms with Gasteiger partial charge in [-0.15, -0.1) is 0 Å². The van der Waals surface area contributed by atoms with Crippen molar-refractivity contribution in [3.05, 3.63) is 113 Å². The number of rotatable bonds is 5. The van der Waals surface area contributed by atoms with Gasteiger partial charge in [0.15, 0.2) is 5.11 Å². The highest BCUT2D eigenvalue weighted by Gasteiger charge is 2.42. The van der Waals surface area contributed by atoms with E-state index in [-0.39, 0.29) is 17.6 Å². The van der Waals surface area contributed by atoms with E-state index in [1.54, 1.807) is 24.4 Å². The highest BCUT2D eigenvalue weighted by Crippen LogP contribution is 2.43. The minimum absolute atomic E-state index is 0.136. The number of thiocarbonyl (C=S) groups is 1. The Morgan fingerprint density at radius 2 is 1.74 bits per heavy atom. The van der Waals surface area contributed by atoms with E-state index in [2.05, 4.69) is 63.9 Å². The zero-order valence-electron chi connectivity index (χ0n) is 19.8. The minimum atomic E-state index is -0.944. The van der Waals surface area contributed by atoms with Gasteiger partial charge in [0.25, 0.3) is 0 Å². The highest BCUT2D eigenvalue weighted by atomic mass is 32.1. The summed E-state index contributed by atoms with van der Waals surface area (Å²) in [5.41, 5.74) is 7.32. The molecule has 6 nitrogen and oxygen atoms in total. The van der Waals surface area contributed by atoms with Gasteiger partial charge >= 0.3 is 5.97 Å². The Morgan fingerprint density at radius 3 is 2.43 bits per heavy atom. The largest absolute Gasteiger partial charge is 0.478 e. The molecule has 2 atom stereocenters. The Hall–Kier alpha value is -3.97. The normalized spacial score (nSPS) is 17.5. The lowest BCUT2D eigenvalue weighted by Crippen LogP contribution is -2.29. The van der Waals surface area contributed by atoms with Crippen molar-refractivity contribution in [1.29, 1.82) is 0 Å². The Labute approximate surface area is 209 Å². The van der Waals surface area contributed by atoms with Gasteiger partial charge in [-0.2, -0.15) is 0 Å². The van der Waals surface area contributed by atoms with Gasteiger partial charge in [0, 0.05) is 29.0 Å². The summed E-state index contributed by atoms with van der Waals surface area (Å²) in [5, 5.41) is 13.7. The summed E-state index contributed by atoms with van der Waals surface area (Å²) < 4.78 is 2.10. The molecule has 0 amide bonds. The molecule has 2 N–H and O–H groups in total. The maximum absolute atomic E-state index is 11.6. The summed E-state index contributed by atoms with van der Waals surface area (Å²) in [4.78, 5) is 18.4. The van der Waals surface area contributed by atoms with Gasteiger partial charge in [0.1, 0.15) is 0 Å². The third-order valence-corrected chi connectivity index (χ3v) is 6.87. The topological polar surface area (TPSA) is 70.4 Å². The molecule has 0 radical (unpaired) electrons. The summed E-state index contributed by atoms with van der Waals surface area (Å²) in [6.45, 7) is 6.17. The van der Waals surface area contributed by atoms with E-state index in [4.69, 9.17) is 12.2 Å². The predicted molar refractivity (Wildman–Crippen MR) is 141 cm³/mol. The van der Waals surface area contributed by atoms with E-state index in [1.807, 2.05) is 31.2 Å². The molecule has 1 fully saturated rings. The highest BCUT2D eigenvalue weighted by molar-refractivity contribution is 7.80. The van der Waals surface area contributed by atoms with Crippen LogP contribution in [0.25, 0.3) is 5.69 Å². The van der Waals surface area contributed by atoms with Crippen molar-refractivity contribution >= 4 is 29.0 Å². The number of hydrogen-bond donors (Lipinski definition) is 2. The van der Waals surface area contributed by atoms with Crippen molar-refractivity contribution in [3.63, 3.8) is 0 Å². The fourth-order valence-electron chi connectivity index (χ4n) is 4.92. The van der Waals surface area contributed by atoms with Crippen molar-refractivity contribution in [1.82, 2.24) is 14.9 Å². The molecule has 0 unspecified atom stereocenters. The molecule has 7 heteroatoms. The summed E-state index contributed by atoms with van der Waals surface area (Å²) in [6, 6.07) is 23.2. The smallest absolute Gasteiger partial charge is 0.335 e. The number of carboxylic acid groups (broad SMARTS) is 1. The van der Waals surface area contributed by atoms with E-state index < -0.39 is 5.97 Å². The van der Waals surface area contributed by atoms with Crippen LogP contribution >= 0.6 is 12.2 Å². The zero-order chi connectivity index (χ0) is 24.7. The number of aryl methyl sites for hydroxylation is 2. The number of hydrogen-bond acceptors (Lipinski definition) is 3. The van der Waals surface area contributed by atoms with Crippen molar-refractivity contribution < 1.29 is 9.90 Å². The fourth-order valence-corrected chi connectivity index (χ4v) is 5.26. The molecule has 0 aliphatic carbocycles. The standard InChI is InChI=1S/C28H26N4O2S/c1-17-10-12-21(13-11-17)32-26(25(30-28(32)35)24-9-4-5-14-29-24)23-15-18(2)31(19(23)3)22-8-6-7-20(16-22)27(33)34/h4-16,25-26H,1-3H3,(H,30,35)(H,33,34)/t25-,26+/m1/s1. The van der Waals surface area contributed by atoms with E-state index >= 15 is 0 Å². The monoisotopic (exact) mass is 482 g/mol. The van der Waals surface area contributed by atoms with Crippen LogP contribution in [-0.2, 0) is 0 Å². The van der Waals surface area contributed by atoms with E-state index in [1.165, 1.54) is 5.56 Å². The maximum Gasteiger partial charge on any atom is 0.335 e. The van der Waals surface area contributed by atoms with Gasteiger partial charge in [-0.3, -0.25) is 4.98 Å². The van der Waals surface area contributed by atoms with Crippen LogP contribution in [0.5, 0.6) is 0 Å². The van der Waals surface area contributed by atoms with Gasteiger partial charge in [-0.1, -0.05) is 29.8 Å². The van der Waals surface area contributed by atoms with Crippen molar-refractivity contribution in [2.75, 3.05) is 4.90 Å². The summed E-state index contributed by atoms with van der Waals surface area (Å²) in [5.74, 6) is -0.944. The molecule has 5 rings (SSSR count). The van der Waals surface area contributed by atoms with Crippen LogP contribution in [0.1, 0.15) is 50.7 Å². The Morgan fingerprint density at radius 1 is 0.971 bits per heavy atom. The first-order chi connectivity index (χ1) is 16.8. The molecule has 1 aliphatic heterocycles. The third kappa shape index (κ3) is 4.08. The van der Waals surface area contributed by atoms with Gasteiger partial charge in [-0.05, 0) is 87.1 Å². The number of aromatic nitrogens is 2. The molecule has 35 heavy (non-hydrogen) atoms. The van der Waals surface area contributed by atoms with Crippen LogP contribution in [0.15, 0.2) is 79.0 Å². The lowest BCUT2D eigenvalue weighted by molar-refractivity contribution is 0.0697. The van der Waals surface area contributed by atoms with E-state index in [0.29, 0.717) is 5.11 Å². The molecular formula is C28H26N4O2S. The first kappa shape index (κ1) is 22.8. The third-order valence-electron chi connectivity index (χ3n) is 6.55. The number of aromatic carboxylic acids is 1. The molecule has 3 heterocycles. The van der Waals surface area contributed by atoms with Gasteiger partial charge < -0.3 is 19.9 Å². The van der Waals surface area contributed by atoms with Crippen LogP contribution in [0.2, 0.25) is 0 Å². The molecule has 2 aromatic heterocycles. The Kier molecular flexibility index (Phi) is 5.86. The first-order valence-corrected chi connectivity index (χ1v) is 11.9. The molecule has 176 valence electrons. The molecule has 2 aromatic carbocycles. The second-order valence-corrected chi connectivity index (χ2v) is 9.24. The molecule has 0 saturated carbocycles. The van der Waals surface area contributed by atoms with Gasteiger partial charge in [0.2, 0.25) is 0 Å². The van der Waals surface area contributed by atoms with Crippen LogP contribution in [0, 0.1) is 20.8 Å². The molecule has 0 spiro atoms. The van der Waals surface area contributed by atoms with Crippen molar-refractivity contribution in [2.45, 2.75) is 32.9 Å². The molecule has 1 aliphatic rings. The van der Waals surface area contributed by atoms with Crippen LogP contribution in [-0.4, -0.2) is 25.7 Å². The number of nitrogens with zero attached hydrogens (tertiary/aromatic N) is 3. The average molecular weight is 483 g/mol. The lowest BCUT2D eigenvalue weighted by Gasteiger charge is -2.28. The van der Waals surface area contributed by atoms with Gasteiger partial charge in [0.05, 0.1) is 23.3 Å². The van der Waals surface area contributed by atoms with Crippen LogP contribution in [0.3, 0.4) is 0 Å². The SMILES string of the molecule is Cc1ccc(N2C(=S)N[C@H](c3ccccn3)[C@@H]2c2cc(C)n(-c3cccc(C(=O)O)c3)c2C)cc1. The van der Waals surface area contributed by atoms with Gasteiger partial charge in [-0.25, -0.2) is 4.79 Å². The average Bonchev–Trinajstić information content (AvgIpc) is 3.35. The van der Waals surface area contributed by atoms with Crippen LogP contribution in [0.4, 0.5) is 5.69 Å². The Bertz CT molecular complexity index is 1410. The summed E-state index contributed by atoms with van der Waals surface area (Å²) in [7, 11) is 0. The zero-order valence-corrected chi connectivity index (χ0v) is 20.6. The molecule has 0 bridgehead atoms. The van der Waals surface area contributed by atoms with Crippen molar-refractivity contribution in [3.8, 4) is 5.69 Å². The van der Waals surface area contributed by atoms with E-state index in [9.17, 15) is 9.90 Å². The molecule has 4 aromatic rings. The molecular weight excluding hydrogens is 456 g/mol. The number of pyridine rings is 1.